The van der Waals surface area contributed by atoms with Crippen molar-refractivity contribution in [2.75, 3.05) is 0 Å². The third kappa shape index (κ3) is 2.29. The van der Waals surface area contributed by atoms with E-state index in [1.54, 1.807) is 18.8 Å². The Hall–Kier alpha value is -4.24. The zero-order chi connectivity index (χ0) is 20.4. The molecule has 0 saturated heterocycles. The maximum Gasteiger partial charge on any atom is 0.134 e. The van der Waals surface area contributed by atoms with Gasteiger partial charge in [-0.3, -0.25) is 0 Å². The molecule has 146 valence electrons. The molecule has 0 amide bonds. The van der Waals surface area contributed by atoms with Crippen molar-refractivity contribution in [3.63, 3.8) is 0 Å². The molecule has 0 aliphatic heterocycles. The van der Waals surface area contributed by atoms with E-state index in [1.807, 2.05) is 36.4 Å². The molecule has 0 N–H and O–H groups in total. The molecule has 0 saturated carbocycles. The quantitative estimate of drug-likeness (QED) is 0.280. The van der Waals surface area contributed by atoms with Gasteiger partial charge in [-0.05, 0) is 80.8 Å². The van der Waals surface area contributed by atoms with Crippen LogP contribution in [0.2, 0.25) is 0 Å². The molecular weight excluding hydrogens is 384 g/mol. The van der Waals surface area contributed by atoms with Crippen molar-refractivity contribution in [3.05, 3.63) is 97.7 Å². The monoisotopic (exact) mass is 400 g/mol. The topological polar surface area (TPSA) is 39.4 Å². The van der Waals surface area contributed by atoms with Gasteiger partial charge < -0.3 is 13.3 Å². The molecule has 7 aromatic rings. The Labute approximate surface area is 177 Å². The van der Waals surface area contributed by atoms with Gasteiger partial charge in [0.25, 0.3) is 0 Å². The standard InChI is InChI=1S/C28H16O3/c1-4-24(29-13-1)18-9-7-17-8-10-20-22(25-5-2-14-30-25)16-23(26-6-3-15-31-26)21-12-11-19(18)27(17)28(20)21/h1-16H. The van der Waals surface area contributed by atoms with Gasteiger partial charge in [0.2, 0.25) is 0 Å². The second-order valence-electron chi connectivity index (χ2n) is 7.76. The van der Waals surface area contributed by atoms with Crippen molar-refractivity contribution in [2.45, 2.75) is 0 Å². The van der Waals surface area contributed by atoms with Gasteiger partial charge in [-0.15, -0.1) is 0 Å². The van der Waals surface area contributed by atoms with Crippen LogP contribution in [0.5, 0.6) is 0 Å². The minimum Gasteiger partial charge on any atom is -0.464 e. The van der Waals surface area contributed by atoms with E-state index < -0.39 is 0 Å². The van der Waals surface area contributed by atoms with Gasteiger partial charge in [-0.1, -0.05) is 30.3 Å². The minimum absolute atomic E-state index is 0.844. The Morgan fingerprint density at radius 2 is 0.903 bits per heavy atom. The lowest BCUT2D eigenvalue weighted by atomic mass is 9.86. The lowest BCUT2D eigenvalue weighted by Crippen LogP contribution is -1.91. The summed E-state index contributed by atoms with van der Waals surface area (Å²) in [7, 11) is 0. The average molecular weight is 400 g/mol. The fourth-order valence-electron chi connectivity index (χ4n) is 4.82. The van der Waals surface area contributed by atoms with Crippen LogP contribution in [-0.2, 0) is 0 Å². The maximum absolute atomic E-state index is 5.82. The summed E-state index contributed by atoms with van der Waals surface area (Å²) in [6, 6.07) is 27.1. The fourth-order valence-corrected chi connectivity index (χ4v) is 4.82. The molecule has 0 spiro atoms. The number of hydrogen-bond donors (Lipinski definition) is 0. The zero-order valence-corrected chi connectivity index (χ0v) is 16.5. The smallest absolute Gasteiger partial charge is 0.134 e. The first-order valence-corrected chi connectivity index (χ1v) is 10.2. The van der Waals surface area contributed by atoms with Crippen LogP contribution in [0, 0.1) is 0 Å². The van der Waals surface area contributed by atoms with Crippen LogP contribution in [0.3, 0.4) is 0 Å². The molecule has 4 aromatic carbocycles. The first-order valence-electron chi connectivity index (χ1n) is 10.2. The van der Waals surface area contributed by atoms with Crippen LogP contribution in [-0.4, -0.2) is 0 Å². The summed E-state index contributed by atoms with van der Waals surface area (Å²) in [4.78, 5) is 0. The van der Waals surface area contributed by atoms with E-state index in [1.165, 1.54) is 21.5 Å². The van der Waals surface area contributed by atoms with Crippen LogP contribution in [0.4, 0.5) is 0 Å². The Morgan fingerprint density at radius 3 is 1.45 bits per heavy atom. The molecule has 0 radical (unpaired) electrons. The predicted octanol–water partition coefficient (Wildman–Crippen LogP) is 8.36. The number of rotatable bonds is 3. The highest BCUT2D eigenvalue weighted by Gasteiger charge is 2.20. The molecule has 0 aliphatic carbocycles. The van der Waals surface area contributed by atoms with Crippen LogP contribution in [0.1, 0.15) is 0 Å². The summed E-state index contributed by atoms with van der Waals surface area (Å²) in [5, 5.41) is 7.14. The largest absolute Gasteiger partial charge is 0.464 e. The number of benzene rings is 4. The molecule has 3 heteroatoms. The van der Waals surface area contributed by atoms with E-state index >= 15 is 0 Å². The predicted molar refractivity (Wildman–Crippen MR) is 123 cm³/mol. The molecule has 31 heavy (non-hydrogen) atoms. The Bertz CT molecular complexity index is 1600. The SMILES string of the molecule is c1coc(-c2ccc3ccc4c(-c5ccco5)cc(-c5ccco5)c5ccc2c3c45)c1. The summed E-state index contributed by atoms with van der Waals surface area (Å²) in [5.41, 5.74) is 3.21. The fraction of sp³-hybridized carbons (Fsp3) is 0. The highest BCUT2D eigenvalue weighted by Crippen LogP contribution is 2.45. The highest BCUT2D eigenvalue weighted by molar-refractivity contribution is 6.29. The van der Waals surface area contributed by atoms with Crippen molar-refractivity contribution < 1.29 is 13.3 Å². The molecule has 0 atom stereocenters. The second kappa shape index (κ2) is 6.13. The van der Waals surface area contributed by atoms with Crippen molar-refractivity contribution >= 4 is 32.3 Å². The number of hydrogen-bond acceptors (Lipinski definition) is 3. The Morgan fingerprint density at radius 1 is 0.419 bits per heavy atom. The second-order valence-corrected chi connectivity index (χ2v) is 7.76. The molecule has 3 nitrogen and oxygen atoms in total. The Balaban J connectivity index is 1.70. The Kier molecular flexibility index (Phi) is 3.27. The van der Waals surface area contributed by atoms with Crippen LogP contribution in [0.25, 0.3) is 66.3 Å². The molecule has 0 bridgehead atoms. The van der Waals surface area contributed by atoms with Crippen molar-refractivity contribution in [2.24, 2.45) is 0 Å². The van der Waals surface area contributed by atoms with Gasteiger partial charge in [-0.2, -0.15) is 0 Å². The third-order valence-electron chi connectivity index (χ3n) is 6.14. The molecule has 0 unspecified atom stereocenters. The van der Waals surface area contributed by atoms with Crippen LogP contribution >= 0.6 is 0 Å². The highest BCUT2D eigenvalue weighted by atomic mass is 16.3. The minimum atomic E-state index is 0.844. The van der Waals surface area contributed by atoms with E-state index in [9.17, 15) is 0 Å². The first kappa shape index (κ1) is 16.5. The van der Waals surface area contributed by atoms with Gasteiger partial charge in [-0.25, -0.2) is 0 Å². The normalized spacial score (nSPS) is 11.9. The third-order valence-corrected chi connectivity index (χ3v) is 6.14. The summed E-state index contributed by atoms with van der Waals surface area (Å²) in [6.45, 7) is 0. The van der Waals surface area contributed by atoms with Crippen LogP contribution < -0.4 is 0 Å². The van der Waals surface area contributed by atoms with Crippen molar-refractivity contribution in [1.29, 1.82) is 0 Å². The molecule has 0 aliphatic rings. The van der Waals surface area contributed by atoms with Crippen LogP contribution in [0.15, 0.2) is 111 Å². The number of furan rings is 3. The zero-order valence-electron chi connectivity index (χ0n) is 16.5. The van der Waals surface area contributed by atoms with Gasteiger partial charge in [0.15, 0.2) is 0 Å². The molecular formula is C28H16O3. The van der Waals surface area contributed by atoms with E-state index in [4.69, 9.17) is 13.3 Å². The summed E-state index contributed by atoms with van der Waals surface area (Å²) in [5.74, 6) is 2.56. The van der Waals surface area contributed by atoms with Gasteiger partial charge >= 0.3 is 0 Å². The van der Waals surface area contributed by atoms with Gasteiger partial charge in [0, 0.05) is 16.7 Å². The van der Waals surface area contributed by atoms with Crippen molar-refractivity contribution in [3.8, 4) is 34.0 Å². The summed E-state index contributed by atoms with van der Waals surface area (Å²) < 4.78 is 17.4. The average Bonchev–Trinajstić information content (AvgIpc) is 3.60. The van der Waals surface area contributed by atoms with E-state index in [-0.39, 0.29) is 0 Å². The lowest BCUT2D eigenvalue weighted by molar-refractivity contribution is 0.581. The molecule has 3 heterocycles. The van der Waals surface area contributed by atoms with E-state index in [2.05, 4.69) is 42.5 Å². The van der Waals surface area contributed by atoms with Gasteiger partial charge in [0.05, 0.1) is 18.8 Å². The summed E-state index contributed by atoms with van der Waals surface area (Å²) >= 11 is 0. The lowest BCUT2D eigenvalue weighted by Gasteiger charge is -2.17. The maximum atomic E-state index is 5.82. The van der Waals surface area contributed by atoms with Gasteiger partial charge in [0.1, 0.15) is 17.3 Å². The molecule has 0 fully saturated rings. The van der Waals surface area contributed by atoms with E-state index in [0.717, 1.165) is 44.7 Å². The molecule has 7 rings (SSSR count). The molecule has 3 aromatic heterocycles. The van der Waals surface area contributed by atoms with Crippen molar-refractivity contribution in [1.82, 2.24) is 0 Å². The summed E-state index contributed by atoms with van der Waals surface area (Å²) in [6.07, 6.45) is 5.15. The van der Waals surface area contributed by atoms with E-state index in [0.29, 0.717) is 0 Å². The first-order chi connectivity index (χ1) is 15.4.